The van der Waals surface area contributed by atoms with Gasteiger partial charge in [0, 0.05) is 25.3 Å². The summed E-state index contributed by atoms with van der Waals surface area (Å²) in [6, 6.07) is 4.22. The Hall–Kier alpha value is -1.13. The van der Waals surface area contributed by atoms with E-state index in [9.17, 15) is 0 Å². The van der Waals surface area contributed by atoms with Crippen LogP contribution in [0, 0.1) is 0 Å². The minimum absolute atomic E-state index is 0.177. The Morgan fingerprint density at radius 2 is 2.31 bits per heavy atom. The van der Waals surface area contributed by atoms with Crippen molar-refractivity contribution in [1.29, 1.82) is 0 Å². The van der Waals surface area contributed by atoms with Gasteiger partial charge in [0.05, 0.1) is 6.61 Å². The maximum Gasteiger partial charge on any atom is 0.126 e. The first kappa shape index (κ1) is 12.9. The Bertz CT molecular complexity index is 317. The van der Waals surface area contributed by atoms with E-state index in [1.54, 1.807) is 0 Å². The summed E-state index contributed by atoms with van der Waals surface area (Å²) in [5.74, 6) is 0.907. The van der Waals surface area contributed by atoms with E-state index in [0.29, 0.717) is 0 Å². The van der Waals surface area contributed by atoms with Crippen LogP contribution in [0.25, 0.3) is 0 Å². The topological polar surface area (TPSA) is 48.4 Å². The molecule has 0 spiro atoms. The number of nitrogens with zero attached hydrogens (tertiary/aromatic N) is 2. The number of anilines is 1. The van der Waals surface area contributed by atoms with Crippen LogP contribution < -0.4 is 5.32 Å². The number of hydrogen-bond acceptors (Lipinski definition) is 4. The third kappa shape index (κ3) is 3.79. The van der Waals surface area contributed by atoms with Crippen LogP contribution in [0.5, 0.6) is 0 Å². The van der Waals surface area contributed by atoms with Gasteiger partial charge in [-0.05, 0) is 38.6 Å². The summed E-state index contributed by atoms with van der Waals surface area (Å²) >= 11 is 0. The highest BCUT2D eigenvalue weighted by atomic mass is 16.3. The summed E-state index contributed by atoms with van der Waals surface area (Å²) in [7, 11) is 2.01. The van der Waals surface area contributed by atoms with Gasteiger partial charge in [0.15, 0.2) is 0 Å². The molecular formula is C12H21N3O. The minimum atomic E-state index is 0.177. The zero-order valence-corrected chi connectivity index (χ0v) is 10.3. The lowest BCUT2D eigenvalue weighted by molar-refractivity contribution is 0.154. The first-order valence-corrected chi connectivity index (χ1v) is 5.67. The van der Waals surface area contributed by atoms with Crippen molar-refractivity contribution in [2.75, 3.05) is 25.5 Å². The van der Waals surface area contributed by atoms with Crippen LogP contribution in [0.4, 0.5) is 5.82 Å². The van der Waals surface area contributed by atoms with Gasteiger partial charge in [-0.1, -0.05) is 0 Å². The molecule has 0 amide bonds. The van der Waals surface area contributed by atoms with Crippen molar-refractivity contribution in [3.63, 3.8) is 0 Å². The number of aromatic nitrogens is 1. The minimum Gasteiger partial charge on any atom is -0.395 e. The van der Waals surface area contributed by atoms with E-state index in [-0.39, 0.29) is 12.6 Å². The van der Waals surface area contributed by atoms with Crippen LogP contribution in [-0.2, 0) is 6.54 Å². The van der Waals surface area contributed by atoms with Gasteiger partial charge in [-0.2, -0.15) is 0 Å². The molecule has 1 unspecified atom stereocenters. The van der Waals surface area contributed by atoms with Gasteiger partial charge in [-0.3, -0.25) is 4.90 Å². The second-order valence-electron chi connectivity index (χ2n) is 4.03. The van der Waals surface area contributed by atoms with E-state index in [4.69, 9.17) is 5.11 Å². The molecule has 4 heteroatoms. The second kappa shape index (κ2) is 6.45. The van der Waals surface area contributed by atoms with Crippen molar-refractivity contribution >= 4 is 5.82 Å². The molecule has 0 aliphatic heterocycles. The standard InChI is InChI=1S/C12H21N3O/c1-4-13-12-7-11(5-6-14-12)8-15(3)10(2)9-16/h5-7,10,16H,4,8-9H2,1-3H3,(H,13,14). The Balaban J connectivity index is 2.62. The molecule has 1 rings (SSSR count). The predicted molar refractivity (Wildman–Crippen MR) is 66.4 cm³/mol. The van der Waals surface area contributed by atoms with Crippen molar-refractivity contribution in [1.82, 2.24) is 9.88 Å². The van der Waals surface area contributed by atoms with E-state index in [1.165, 1.54) is 5.56 Å². The van der Waals surface area contributed by atoms with Crippen LogP contribution in [0.2, 0.25) is 0 Å². The molecule has 0 bridgehead atoms. The average molecular weight is 223 g/mol. The molecule has 0 aliphatic carbocycles. The predicted octanol–water partition coefficient (Wildman–Crippen LogP) is 1.33. The molecule has 1 heterocycles. The first-order chi connectivity index (χ1) is 7.67. The Kier molecular flexibility index (Phi) is 5.22. The van der Waals surface area contributed by atoms with E-state index in [1.807, 2.05) is 39.2 Å². The van der Waals surface area contributed by atoms with Gasteiger partial charge >= 0.3 is 0 Å². The fourth-order valence-electron chi connectivity index (χ4n) is 1.43. The van der Waals surface area contributed by atoms with Crippen molar-refractivity contribution in [3.05, 3.63) is 23.9 Å². The van der Waals surface area contributed by atoms with Gasteiger partial charge in [0.2, 0.25) is 0 Å². The number of hydrogen-bond donors (Lipinski definition) is 2. The molecule has 0 radical (unpaired) electrons. The fraction of sp³-hybridized carbons (Fsp3) is 0.583. The number of likely N-dealkylation sites (N-methyl/N-ethyl adjacent to an activating group) is 1. The third-order valence-corrected chi connectivity index (χ3v) is 2.63. The van der Waals surface area contributed by atoms with Crippen molar-refractivity contribution in [2.45, 2.75) is 26.4 Å². The van der Waals surface area contributed by atoms with Crippen LogP contribution in [0.15, 0.2) is 18.3 Å². The Labute approximate surface area is 97.3 Å². The summed E-state index contributed by atoms with van der Waals surface area (Å²) in [4.78, 5) is 6.34. The number of aliphatic hydroxyl groups excluding tert-OH is 1. The molecular weight excluding hydrogens is 202 g/mol. The Morgan fingerprint density at radius 1 is 1.56 bits per heavy atom. The summed E-state index contributed by atoms with van der Waals surface area (Å²) in [5, 5.41) is 12.2. The fourth-order valence-corrected chi connectivity index (χ4v) is 1.43. The van der Waals surface area contributed by atoms with Crippen LogP contribution in [0.3, 0.4) is 0 Å². The largest absolute Gasteiger partial charge is 0.395 e. The number of nitrogens with one attached hydrogen (secondary N) is 1. The molecule has 0 aliphatic rings. The summed E-state index contributed by atoms with van der Waals surface area (Å²) in [6.45, 7) is 5.93. The molecule has 1 aromatic heterocycles. The average Bonchev–Trinajstić information content (AvgIpc) is 2.29. The Morgan fingerprint density at radius 3 is 2.94 bits per heavy atom. The molecule has 90 valence electrons. The maximum absolute atomic E-state index is 9.06. The quantitative estimate of drug-likeness (QED) is 0.764. The smallest absolute Gasteiger partial charge is 0.126 e. The summed E-state index contributed by atoms with van der Waals surface area (Å²) in [5.41, 5.74) is 1.20. The van der Waals surface area contributed by atoms with Crippen LogP contribution in [-0.4, -0.2) is 41.2 Å². The highest BCUT2D eigenvalue weighted by molar-refractivity contribution is 5.37. The van der Waals surface area contributed by atoms with Gasteiger partial charge < -0.3 is 10.4 Å². The lowest BCUT2D eigenvalue weighted by atomic mass is 10.2. The summed E-state index contributed by atoms with van der Waals surface area (Å²) < 4.78 is 0. The van der Waals surface area contributed by atoms with Gasteiger partial charge in [-0.15, -0.1) is 0 Å². The maximum atomic E-state index is 9.06. The van der Waals surface area contributed by atoms with E-state index < -0.39 is 0 Å². The molecule has 0 fully saturated rings. The molecule has 0 aromatic carbocycles. The molecule has 2 N–H and O–H groups in total. The SMILES string of the molecule is CCNc1cc(CN(C)C(C)CO)ccn1. The lowest BCUT2D eigenvalue weighted by Gasteiger charge is -2.22. The van der Waals surface area contributed by atoms with Crippen LogP contribution >= 0.6 is 0 Å². The van der Waals surface area contributed by atoms with Gasteiger partial charge in [-0.25, -0.2) is 4.98 Å². The van der Waals surface area contributed by atoms with E-state index >= 15 is 0 Å². The first-order valence-electron chi connectivity index (χ1n) is 5.67. The number of aliphatic hydroxyl groups is 1. The number of pyridine rings is 1. The van der Waals surface area contributed by atoms with Crippen molar-refractivity contribution < 1.29 is 5.11 Å². The normalized spacial score (nSPS) is 12.8. The lowest BCUT2D eigenvalue weighted by Crippen LogP contribution is -2.31. The molecule has 1 aromatic rings. The molecule has 16 heavy (non-hydrogen) atoms. The molecule has 4 nitrogen and oxygen atoms in total. The van der Waals surface area contributed by atoms with Crippen LogP contribution in [0.1, 0.15) is 19.4 Å². The summed E-state index contributed by atoms with van der Waals surface area (Å²) in [6.07, 6.45) is 1.81. The highest BCUT2D eigenvalue weighted by Gasteiger charge is 2.08. The van der Waals surface area contributed by atoms with E-state index in [2.05, 4.69) is 15.2 Å². The molecule has 0 saturated carbocycles. The zero-order chi connectivity index (χ0) is 12.0. The number of rotatable bonds is 6. The van der Waals surface area contributed by atoms with Gasteiger partial charge in [0.1, 0.15) is 5.82 Å². The molecule has 1 atom stereocenters. The second-order valence-corrected chi connectivity index (χ2v) is 4.03. The monoisotopic (exact) mass is 223 g/mol. The third-order valence-electron chi connectivity index (χ3n) is 2.63. The van der Waals surface area contributed by atoms with Crippen molar-refractivity contribution in [3.8, 4) is 0 Å². The zero-order valence-electron chi connectivity index (χ0n) is 10.3. The van der Waals surface area contributed by atoms with E-state index in [0.717, 1.165) is 18.9 Å². The van der Waals surface area contributed by atoms with Crippen molar-refractivity contribution in [2.24, 2.45) is 0 Å². The molecule has 0 saturated heterocycles. The highest BCUT2D eigenvalue weighted by Crippen LogP contribution is 2.10. The van der Waals surface area contributed by atoms with Gasteiger partial charge in [0.25, 0.3) is 0 Å².